The minimum Gasteiger partial charge on any atom is -0.497 e. The largest absolute Gasteiger partial charge is 0.497 e. The summed E-state index contributed by atoms with van der Waals surface area (Å²) >= 11 is 5.70. The van der Waals surface area contributed by atoms with E-state index in [1.165, 1.54) is 4.90 Å². The molecular weight excluding hydrogens is 492 g/mol. The number of thiocarbonyl (C=S) groups is 1. The number of esters is 1. The van der Waals surface area contributed by atoms with Gasteiger partial charge in [-0.3, -0.25) is 19.5 Å². The van der Waals surface area contributed by atoms with Crippen molar-refractivity contribution in [1.82, 2.24) is 9.88 Å². The van der Waals surface area contributed by atoms with Crippen LogP contribution >= 0.6 is 12.2 Å². The predicted octanol–water partition coefficient (Wildman–Crippen LogP) is 3.80. The molecule has 0 bridgehead atoms. The van der Waals surface area contributed by atoms with Crippen LogP contribution in [-0.2, 0) is 20.9 Å². The molecule has 1 unspecified atom stereocenters. The van der Waals surface area contributed by atoms with E-state index in [0.717, 1.165) is 0 Å². The molecule has 1 aliphatic heterocycles. The van der Waals surface area contributed by atoms with E-state index >= 15 is 0 Å². The Labute approximate surface area is 220 Å². The normalized spacial score (nSPS) is 15.0. The summed E-state index contributed by atoms with van der Waals surface area (Å²) in [5, 5.41) is 3.08. The third-order valence-electron chi connectivity index (χ3n) is 5.77. The lowest BCUT2D eigenvalue weighted by atomic mass is 10.1. The first kappa shape index (κ1) is 25.8. The van der Waals surface area contributed by atoms with Crippen LogP contribution in [0, 0.1) is 0 Å². The summed E-state index contributed by atoms with van der Waals surface area (Å²) in [5.74, 6) is -0.461. The van der Waals surface area contributed by atoms with Crippen molar-refractivity contribution in [2.75, 3.05) is 23.9 Å². The fourth-order valence-electron chi connectivity index (χ4n) is 3.94. The van der Waals surface area contributed by atoms with Gasteiger partial charge in [-0.15, -0.1) is 0 Å². The van der Waals surface area contributed by atoms with Crippen LogP contribution in [0.2, 0.25) is 0 Å². The number of pyridine rings is 1. The highest BCUT2D eigenvalue weighted by Crippen LogP contribution is 2.30. The number of hydrogen-bond donors (Lipinski definition) is 1. The molecular formula is C27H26N4O5S. The van der Waals surface area contributed by atoms with E-state index in [4.69, 9.17) is 21.7 Å². The Morgan fingerprint density at radius 3 is 2.41 bits per heavy atom. The van der Waals surface area contributed by atoms with Gasteiger partial charge in [0.1, 0.15) is 11.8 Å². The molecule has 1 aliphatic rings. The highest BCUT2D eigenvalue weighted by molar-refractivity contribution is 7.80. The van der Waals surface area contributed by atoms with Gasteiger partial charge in [-0.2, -0.15) is 0 Å². The molecule has 9 nitrogen and oxygen atoms in total. The number of carbonyl (C=O) groups is 3. The van der Waals surface area contributed by atoms with Crippen molar-refractivity contribution < 1.29 is 23.9 Å². The van der Waals surface area contributed by atoms with Crippen LogP contribution in [0.25, 0.3) is 0 Å². The Kier molecular flexibility index (Phi) is 8.09. The lowest BCUT2D eigenvalue weighted by Gasteiger charge is -2.23. The summed E-state index contributed by atoms with van der Waals surface area (Å²) in [7, 11) is 1.56. The van der Waals surface area contributed by atoms with Crippen molar-refractivity contribution >= 4 is 46.5 Å². The minimum absolute atomic E-state index is 0.127. The number of hydrogen-bond acceptors (Lipinski definition) is 7. The average molecular weight is 519 g/mol. The van der Waals surface area contributed by atoms with Gasteiger partial charge in [0, 0.05) is 11.9 Å². The number of ether oxygens (including phenoxy) is 2. The quantitative estimate of drug-likeness (QED) is 0.337. The lowest BCUT2D eigenvalue weighted by molar-refractivity contribution is -0.124. The number of nitrogens with one attached hydrogen (secondary N) is 1. The Bertz CT molecular complexity index is 1280. The van der Waals surface area contributed by atoms with Gasteiger partial charge in [-0.1, -0.05) is 6.07 Å². The van der Waals surface area contributed by atoms with Gasteiger partial charge in [0.05, 0.1) is 43.6 Å². The zero-order valence-corrected chi connectivity index (χ0v) is 21.2. The van der Waals surface area contributed by atoms with E-state index in [1.807, 2.05) is 12.1 Å². The van der Waals surface area contributed by atoms with Crippen molar-refractivity contribution in [2.45, 2.75) is 25.9 Å². The molecule has 4 rings (SSSR count). The minimum atomic E-state index is -0.824. The number of amides is 2. The average Bonchev–Trinajstić information content (AvgIpc) is 3.13. The highest BCUT2D eigenvalue weighted by atomic mass is 32.1. The van der Waals surface area contributed by atoms with Crippen LogP contribution in [0.3, 0.4) is 0 Å². The molecule has 1 fully saturated rings. The number of methoxy groups -OCH3 is 1. The fourth-order valence-corrected chi connectivity index (χ4v) is 4.33. The standard InChI is InChI=1S/C27H26N4O5S/c1-3-36-26(34)18-7-9-19(10-8-18)29-24(32)16-23-25(33)31(21-11-13-22(35-2)14-12-21)27(37)30(23)17-20-6-4-5-15-28-20/h4-15,23H,3,16-17H2,1-2H3,(H,29,32). The summed E-state index contributed by atoms with van der Waals surface area (Å²) < 4.78 is 10.2. The van der Waals surface area contributed by atoms with Crippen molar-refractivity contribution in [1.29, 1.82) is 0 Å². The second kappa shape index (κ2) is 11.6. The third-order valence-corrected chi connectivity index (χ3v) is 6.18. The Morgan fingerprint density at radius 2 is 1.78 bits per heavy atom. The van der Waals surface area contributed by atoms with Crippen LogP contribution in [0.5, 0.6) is 5.75 Å². The van der Waals surface area contributed by atoms with Gasteiger partial charge in [-0.25, -0.2) is 4.79 Å². The SMILES string of the molecule is CCOC(=O)c1ccc(NC(=O)CC2C(=O)N(c3ccc(OC)cc3)C(=S)N2Cc2ccccn2)cc1. The molecule has 10 heteroatoms. The van der Waals surface area contributed by atoms with Crippen molar-refractivity contribution in [3.8, 4) is 5.75 Å². The predicted molar refractivity (Wildman–Crippen MR) is 142 cm³/mol. The van der Waals surface area contributed by atoms with Gasteiger partial charge in [0.25, 0.3) is 5.91 Å². The Hall–Kier alpha value is -4.31. The van der Waals surface area contributed by atoms with Crippen molar-refractivity contribution in [3.63, 3.8) is 0 Å². The Balaban J connectivity index is 1.53. The molecule has 190 valence electrons. The molecule has 0 saturated carbocycles. The number of rotatable bonds is 9. The molecule has 2 amide bonds. The number of aromatic nitrogens is 1. The summed E-state index contributed by atoms with van der Waals surface area (Å²) in [5.41, 5.74) is 2.18. The van der Waals surface area contributed by atoms with Crippen molar-refractivity contribution in [3.05, 3.63) is 84.2 Å². The monoisotopic (exact) mass is 518 g/mol. The summed E-state index contributed by atoms with van der Waals surface area (Å²) in [6, 6.07) is 18.0. The van der Waals surface area contributed by atoms with E-state index < -0.39 is 12.0 Å². The molecule has 3 aromatic rings. The van der Waals surface area contributed by atoms with Crippen LogP contribution in [-0.4, -0.2) is 52.5 Å². The molecule has 1 N–H and O–H groups in total. The second-order valence-corrected chi connectivity index (χ2v) is 8.53. The molecule has 2 heterocycles. The van der Waals surface area contributed by atoms with E-state index in [9.17, 15) is 14.4 Å². The first-order valence-corrected chi connectivity index (χ1v) is 12.1. The maximum absolute atomic E-state index is 13.6. The third kappa shape index (κ3) is 5.92. The molecule has 2 aromatic carbocycles. The van der Waals surface area contributed by atoms with Crippen molar-refractivity contribution in [2.24, 2.45) is 0 Å². The van der Waals surface area contributed by atoms with Gasteiger partial charge in [0.2, 0.25) is 5.91 Å². The van der Waals surface area contributed by atoms with Crippen LogP contribution in [0.1, 0.15) is 29.4 Å². The molecule has 0 aliphatic carbocycles. The maximum atomic E-state index is 13.6. The van der Waals surface area contributed by atoms with E-state index in [-0.39, 0.29) is 36.5 Å². The lowest BCUT2D eigenvalue weighted by Crippen LogP contribution is -2.37. The molecule has 1 aromatic heterocycles. The van der Waals surface area contributed by atoms with Crippen LogP contribution in [0.4, 0.5) is 11.4 Å². The molecule has 1 atom stereocenters. The van der Waals surface area contributed by atoms with Gasteiger partial charge in [-0.05, 0) is 79.8 Å². The maximum Gasteiger partial charge on any atom is 0.338 e. The first-order chi connectivity index (χ1) is 17.9. The smallest absolute Gasteiger partial charge is 0.338 e. The van der Waals surface area contributed by atoms with E-state index in [0.29, 0.717) is 28.4 Å². The molecule has 0 radical (unpaired) electrons. The zero-order valence-electron chi connectivity index (χ0n) is 20.4. The zero-order chi connectivity index (χ0) is 26.4. The summed E-state index contributed by atoms with van der Waals surface area (Å²) in [6.45, 7) is 2.27. The van der Waals surface area contributed by atoms with Gasteiger partial charge < -0.3 is 19.7 Å². The number of nitrogens with zero attached hydrogens (tertiary/aromatic N) is 3. The van der Waals surface area contributed by atoms with Gasteiger partial charge in [0.15, 0.2) is 5.11 Å². The molecule has 0 spiro atoms. The number of anilines is 2. The molecule has 1 saturated heterocycles. The fraction of sp³-hybridized carbons (Fsp3) is 0.222. The Morgan fingerprint density at radius 1 is 1.05 bits per heavy atom. The van der Waals surface area contributed by atoms with E-state index in [2.05, 4.69) is 10.3 Å². The second-order valence-electron chi connectivity index (χ2n) is 8.17. The number of carbonyl (C=O) groups excluding carboxylic acids is 3. The highest BCUT2D eigenvalue weighted by Gasteiger charge is 2.44. The van der Waals surface area contributed by atoms with Crippen LogP contribution in [0.15, 0.2) is 72.9 Å². The van der Waals surface area contributed by atoms with Crippen LogP contribution < -0.4 is 15.0 Å². The molecule has 37 heavy (non-hydrogen) atoms. The number of benzene rings is 2. The topological polar surface area (TPSA) is 101 Å². The summed E-state index contributed by atoms with van der Waals surface area (Å²) in [4.78, 5) is 45.9. The first-order valence-electron chi connectivity index (χ1n) is 11.7. The summed E-state index contributed by atoms with van der Waals surface area (Å²) in [6.07, 6.45) is 1.54. The van der Waals surface area contributed by atoms with E-state index in [1.54, 1.807) is 79.7 Å². The van der Waals surface area contributed by atoms with Gasteiger partial charge >= 0.3 is 5.97 Å².